The Hall–Kier alpha value is -2.83. The molecule has 0 aliphatic carbocycles. The molecule has 0 fully saturated rings. The number of hydrogen-bond acceptors (Lipinski definition) is 6. The van der Waals surface area contributed by atoms with Crippen LogP contribution in [0, 0.1) is 5.82 Å². The van der Waals surface area contributed by atoms with E-state index in [1.165, 1.54) is 6.07 Å². The van der Waals surface area contributed by atoms with Crippen molar-refractivity contribution < 1.29 is 13.3 Å². The largest absolute Gasteiger partial charge is 0.461 e. The van der Waals surface area contributed by atoms with Crippen LogP contribution in [0.5, 0.6) is 0 Å². The molecule has 1 aliphatic rings. The first-order chi connectivity index (χ1) is 11.2. The molecule has 0 saturated heterocycles. The van der Waals surface area contributed by atoms with E-state index in [-0.39, 0.29) is 5.82 Å². The van der Waals surface area contributed by atoms with Gasteiger partial charge >= 0.3 is 0 Å². The maximum Gasteiger partial charge on any atom is 0.246 e. The van der Waals surface area contributed by atoms with E-state index in [9.17, 15) is 4.39 Å². The van der Waals surface area contributed by atoms with E-state index in [1.807, 2.05) is 11.9 Å². The number of aromatic nitrogens is 2. The van der Waals surface area contributed by atoms with Crippen molar-refractivity contribution in [2.75, 3.05) is 29.9 Å². The average Bonchev–Trinajstić information content (AvgIpc) is 3.21. The summed E-state index contributed by atoms with van der Waals surface area (Å²) in [6.07, 6.45) is 1.57. The normalized spacial score (nSPS) is 14.2. The second kappa shape index (κ2) is 5.42. The number of furan rings is 1. The van der Waals surface area contributed by atoms with Crippen molar-refractivity contribution in [1.29, 1.82) is 0 Å². The van der Waals surface area contributed by atoms with E-state index in [4.69, 9.17) is 8.94 Å². The van der Waals surface area contributed by atoms with E-state index in [0.717, 1.165) is 24.5 Å². The van der Waals surface area contributed by atoms with E-state index >= 15 is 0 Å². The van der Waals surface area contributed by atoms with Crippen LogP contribution in [0.4, 0.5) is 15.8 Å². The number of benzene rings is 1. The summed E-state index contributed by atoms with van der Waals surface area (Å²) in [5.74, 6) is 1.26. The molecular formula is C16H15FN4O2. The third-order valence-electron chi connectivity index (χ3n) is 3.93. The van der Waals surface area contributed by atoms with Crippen molar-refractivity contribution in [2.45, 2.75) is 6.54 Å². The fourth-order valence-electron chi connectivity index (χ4n) is 2.73. The lowest BCUT2D eigenvalue weighted by Gasteiger charge is -2.36. The lowest BCUT2D eigenvalue weighted by Crippen LogP contribution is -2.38. The highest BCUT2D eigenvalue weighted by molar-refractivity contribution is 5.73. The number of rotatable bonds is 3. The van der Waals surface area contributed by atoms with Gasteiger partial charge in [-0.3, -0.25) is 0 Å². The highest BCUT2D eigenvalue weighted by Gasteiger charge is 2.23. The zero-order chi connectivity index (χ0) is 15.8. The first kappa shape index (κ1) is 13.8. The number of fused-ring (bicyclic) bond motifs is 1. The van der Waals surface area contributed by atoms with Gasteiger partial charge in [-0.1, -0.05) is 5.16 Å². The standard InChI is InChI=1S/C16H15FN4O2/c1-20-6-7-21(12-5-4-11(17)9-13(12)20)10-15-18-16(19-23-15)14-3-2-8-22-14/h2-5,8-9H,6-7,10H2,1H3. The molecule has 1 aromatic carbocycles. The third-order valence-corrected chi connectivity index (χ3v) is 3.93. The van der Waals surface area contributed by atoms with Crippen LogP contribution in [0.15, 0.2) is 45.5 Å². The number of hydrogen-bond donors (Lipinski definition) is 0. The lowest BCUT2D eigenvalue weighted by molar-refractivity contribution is 0.375. The van der Waals surface area contributed by atoms with Crippen molar-refractivity contribution in [3.63, 3.8) is 0 Å². The highest BCUT2D eigenvalue weighted by atomic mass is 19.1. The Bertz CT molecular complexity index is 815. The van der Waals surface area contributed by atoms with Gasteiger partial charge in [-0.2, -0.15) is 4.98 Å². The van der Waals surface area contributed by atoms with Crippen molar-refractivity contribution in [2.24, 2.45) is 0 Å². The fraction of sp³-hybridized carbons (Fsp3) is 0.250. The highest BCUT2D eigenvalue weighted by Crippen LogP contribution is 2.33. The Labute approximate surface area is 132 Å². The van der Waals surface area contributed by atoms with Crippen molar-refractivity contribution >= 4 is 11.4 Å². The monoisotopic (exact) mass is 314 g/mol. The Balaban J connectivity index is 1.59. The van der Waals surface area contributed by atoms with Gasteiger partial charge in [0.25, 0.3) is 0 Å². The van der Waals surface area contributed by atoms with Crippen LogP contribution in [-0.4, -0.2) is 30.3 Å². The summed E-state index contributed by atoms with van der Waals surface area (Å²) in [4.78, 5) is 8.50. The zero-order valence-corrected chi connectivity index (χ0v) is 12.6. The van der Waals surface area contributed by atoms with Gasteiger partial charge in [-0.25, -0.2) is 4.39 Å². The number of anilines is 2. The summed E-state index contributed by atoms with van der Waals surface area (Å²) in [7, 11) is 1.96. The Morgan fingerprint density at radius 1 is 1.22 bits per heavy atom. The average molecular weight is 314 g/mol. The van der Waals surface area contributed by atoms with Crippen LogP contribution in [0.3, 0.4) is 0 Å². The summed E-state index contributed by atoms with van der Waals surface area (Å²) < 4.78 is 24.1. The number of likely N-dealkylation sites (N-methyl/N-ethyl adjacent to an activating group) is 1. The smallest absolute Gasteiger partial charge is 0.246 e. The van der Waals surface area contributed by atoms with Gasteiger partial charge in [0.15, 0.2) is 5.76 Å². The molecule has 0 N–H and O–H groups in total. The van der Waals surface area contributed by atoms with E-state index in [1.54, 1.807) is 30.5 Å². The molecule has 0 radical (unpaired) electrons. The second-order valence-electron chi connectivity index (χ2n) is 5.47. The van der Waals surface area contributed by atoms with Gasteiger partial charge in [0.2, 0.25) is 11.7 Å². The number of halogens is 1. The SMILES string of the molecule is CN1CCN(Cc2nc(-c3ccco3)no2)c2ccc(F)cc21. The Morgan fingerprint density at radius 2 is 2.13 bits per heavy atom. The van der Waals surface area contributed by atoms with Crippen molar-refractivity contribution in [3.05, 3.63) is 48.3 Å². The molecule has 0 bridgehead atoms. The molecule has 7 heteroatoms. The van der Waals surface area contributed by atoms with E-state index in [0.29, 0.717) is 24.0 Å². The van der Waals surface area contributed by atoms with Crippen LogP contribution < -0.4 is 9.80 Å². The minimum absolute atomic E-state index is 0.240. The van der Waals surface area contributed by atoms with E-state index < -0.39 is 0 Å². The van der Waals surface area contributed by atoms with Crippen LogP contribution in [0.2, 0.25) is 0 Å². The quantitative estimate of drug-likeness (QED) is 0.741. The van der Waals surface area contributed by atoms with E-state index in [2.05, 4.69) is 15.0 Å². The van der Waals surface area contributed by atoms with Crippen LogP contribution >= 0.6 is 0 Å². The van der Waals surface area contributed by atoms with Gasteiger partial charge in [0, 0.05) is 20.1 Å². The lowest BCUT2D eigenvalue weighted by atomic mass is 10.1. The molecule has 118 valence electrons. The van der Waals surface area contributed by atoms with Crippen molar-refractivity contribution in [1.82, 2.24) is 10.1 Å². The molecule has 2 aromatic heterocycles. The first-order valence-electron chi connectivity index (χ1n) is 7.33. The van der Waals surface area contributed by atoms with Gasteiger partial charge in [0.05, 0.1) is 24.2 Å². The first-order valence-corrected chi connectivity index (χ1v) is 7.33. The predicted octanol–water partition coefficient (Wildman–Crippen LogP) is 2.93. The molecule has 0 amide bonds. The molecule has 23 heavy (non-hydrogen) atoms. The topological polar surface area (TPSA) is 58.5 Å². The maximum absolute atomic E-state index is 13.5. The van der Waals surface area contributed by atoms with Gasteiger partial charge in [-0.05, 0) is 30.3 Å². The van der Waals surface area contributed by atoms with Gasteiger partial charge in [0.1, 0.15) is 5.82 Å². The summed E-state index contributed by atoms with van der Waals surface area (Å²) in [5.41, 5.74) is 1.82. The number of nitrogens with zero attached hydrogens (tertiary/aromatic N) is 4. The summed E-state index contributed by atoms with van der Waals surface area (Å²) in [5, 5.41) is 3.93. The van der Waals surface area contributed by atoms with Crippen LogP contribution in [0.1, 0.15) is 5.89 Å². The molecule has 0 saturated carbocycles. The third kappa shape index (κ3) is 2.54. The van der Waals surface area contributed by atoms with Gasteiger partial charge < -0.3 is 18.7 Å². The summed E-state index contributed by atoms with van der Waals surface area (Å²) in [6.45, 7) is 2.07. The minimum atomic E-state index is -0.240. The zero-order valence-electron chi connectivity index (χ0n) is 12.6. The molecule has 0 unspecified atom stereocenters. The molecule has 0 spiro atoms. The van der Waals surface area contributed by atoms with Gasteiger partial charge in [-0.15, -0.1) is 0 Å². The minimum Gasteiger partial charge on any atom is -0.461 e. The Kier molecular flexibility index (Phi) is 3.25. The summed E-state index contributed by atoms with van der Waals surface area (Å²) in [6, 6.07) is 8.35. The molecule has 3 heterocycles. The summed E-state index contributed by atoms with van der Waals surface area (Å²) >= 11 is 0. The molecular weight excluding hydrogens is 299 g/mol. The molecule has 0 atom stereocenters. The Morgan fingerprint density at radius 3 is 2.96 bits per heavy atom. The van der Waals surface area contributed by atoms with Crippen LogP contribution in [0.25, 0.3) is 11.6 Å². The molecule has 4 rings (SSSR count). The predicted molar refractivity (Wildman–Crippen MR) is 82.7 cm³/mol. The molecule has 1 aliphatic heterocycles. The van der Waals surface area contributed by atoms with Crippen LogP contribution in [-0.2, 0) is 6.54 Å². The molecule has 3 aromatic rings. The second-order valence-corrected chi connectivity index (χ2v) is 5.47. The fourth-order valence-corrected chi connectivity index (χ4v) is 2.73. The van der Waals surface area contributed by atoms with Crippen molar-refractivity contribution in [3.8, 4) is 11.6 Å². The maximum atomic E-state index is 13.5. The molecule has 6 nitrogen and oxygen atoms in total.